The number of hydrogen-bond acceptors (Lipinski definition) is 8. The maximum atomic E-state index is 13.5. The Kier molecular flexibility index (Phi) is 6.93. The molecule has 32 heavy (non-hydrogen) atoms. The minimum atomic E-state index is -4.94. The lowest BCUT2D eigenvalue weighted by atomic mass is 10.2. The Morgan fingerprint density at radius 2 is 1.88 bits per heavy atom. The van der Waals surface area contributed by atoms with Crippen LogP contribution in [0.3, 0.4) is 0 Å². The quantitative estimate of drug-likeness (QED) is 0.555. The number of benzene rings is 1. The number of oxazole rings is 1. The minimum absolute atomic E-state index is 0.0915. The number of likely N-dealkylation sites (N-methyl/N-ethyl adjacent to an activating group) is 1. The molecule has 0 saturated heterocycles. The Labute approximate surface area is 181 Å². The number of hydrogen-bond donors (Lipinski definition) is 1. The van der Waals surface area contributed by atoms with Gasteiger partial charge in [0.1, 0.15) is 5.75 Å². The summed E-state index contributed by atoms with van der Waals surface area (Å²) < 4.78 is 55.6. The Bertz CT molecular complexity index is 1070. The average molecular weight is 451 g/mol. The van der Waals surface area contributed by atoms with E-state index in [-0.39, 0.29) is 17.0 Å². The van der Waals surface area contributed by atoms with Gasteiger partial charge in [0.15, 0.2) is 5.69 Å². The predicted octanol–water partition coefficient (Wildman–Crippen LogP) is 3.49. The lowest BCUT2D eigenvalue weighted by Gasteiger charge is -2.16. The van der Waals surface area contributed by atoms with Crippen LogP contribution in [0.2, 0.25) is 0 Å². The number of carbonyl (C=O) groups excluding carboxylic acids is 1. The number of alkyl halides is 3. The van der Waals surface area contributed by atoms with Gasteiger partial charge in [-0.1, -0.05) is 12.1 Å². The largest absolute Gasteiger partial charge is 0.496 e. The molecule has 3 rings (SSSR count). The van der Waals surface area contributed by atoms with Crippen molar-refractivity contribution in [2.75, 3.05) is 44.6 Å². The van der Waals surface area contributed by atoms with Crippen LogP contribution in [0.5, 0.6) is 5.75 Å². The van der Waals surface area contributed by atoms with Gasteiger partial charge >= 0.3 is 6.18 Å². The van der Waals surface area contributed by atoms with Crippen molar-refractivity contribution in [1.82, 2.24) is 15.0 Å². The summed E-state index contributed by atoms with van der Waals surface area (Å²) in [5.74, 6) is -2.43. The van der Waals surface area contributed by atoms with Gasteiger partial charge in [-0.25, -0.2) is 15.0 Å². The van der Waals surface area contributed by atoms with E-state index in [4.69, 9.17) is 13.9 Å². The van der Waals surface area contributed by atoms with Crippen molar-refractivity contribution < 1.29 is 31.9 Å². The first-order valence-electron chi connectivity index (χ1n) is 9.29. The molecule has 0 fully saturated rings. The monoisotopic (exact) mass is 451 g/mol. The molecule has 0 bridgehead atoms. The number of halogens is 3. The van der Waals surface area contributed by atoms with Crippen LogP contribution < -0.4 is 15.0 Å². The van der Waals surface area contributed by atoms with E-state index in [1.165, 1.54) is 31.6 Å². The van der Waals surface area contributed by atoms with Crippen molar-refractivity contribution in [3.05, 3.63) is 48.1 Å². The number of ether oxygens (including phenoxy) is 2. The lowest BCUT2D eigenvalue weighted by Crippen LogP contribution is -2.24. The number of rotatable bonds is 8. The molecule has 0 aliphatic carbocycles. The molecular weight excluding hydrogens is 431 g/mol. The first-order valence-corrected chi connectivity index (χ1v) is 9.29. The molecule has 0 spiro atoms. The van der Waals surface area contributed by atoms with E-state index in [1.54, 1.807) is 31.2 Å². The van der Waals surface area contributed by atoms with Crippen LogP contribution >= 0.6 is 0 Å². The number of nitrogens with zero attached hydrogens (tertiary/aromatic N) is 4. The predicted molar refractivity (Wildman–Crippen MR) is 109 cm³/mol. The molecule has 9 nitrogen and oxygen atoms in total. The van der Waals surface area contributed by atoms with Crippen molar-refractivity contribution in [1.29, 1.82) is 0 Å². The fourth-order valence-corrected chi connectivity index (χ4v) is 2.70. The highest BCUT2D eigenvalue weighted by molar-refractivity contribution is 6.03. The van der Waals surface area contributed by atoms with Gasteiger partial charge in [-0.05, 0) is 12.1 Å². The molecular formula is C20H20F3N5O4. The van der Waals surface area contributed by atoms with Crippen LogP contribution in [0.4, 0.5) is 24.8 Å². The highest BCUT2D eigenvalue weighted by Crippen LogP contribution is 2.37. The molecule has 0 atom stereocenters. The molecule has 0 aliphatic heterocycles. The van der Waals surface area contributed by atoms with E-state index in [0.29, 0.717) is 19.1 Å². The van der Waals surface area contributed by atoms with Crippen LogP contribution in [-0.2, 0) is 10.9 Å². The SMILES string of the molecule is COCCN(C)c1ncc(NC(=O)c2nc(-c3ccccc3OC)oc2C(F)(F)F)cn1. The zero-order valence-corrected chi connectivity index (χ0v) is 17.4. The van der Waals surface area contributed by atoms with Crippen LogP contribution in [0.1, 0.15) is 16.2 Å². The second-order valence-corrected chi connectivity index (χ2v) is 6.54. The molecule has 170 valence electrons. The Hall–Kier alpha value is -3.67. The van der Waals surface area contributed by atoms with Gasteiger partial charge in [-0.15, -0.1) is 0 Å². The Morgan fingerprint density at radius 3 is 2.50 bits per heavy atom. The minimum Gasteiger partial charge on any atom is -0.496 e. The number of para-hydroxylation sites is 1. The Morgan fingerprint density at radius 1 is 1.19 bits per heavy atom. The van der Waals surface area contributed by atoms with Crippen molar-refractivity contribution >= 4 is 17.5 Å². The van der Waals surface area contributed by atoms with Gasteiger partial charge in [0.05, 0.1) is 37.4 Å². The fourth-order valence-electron chi connectivity index (χ4n) is 2.70. The summed E-state index contributed by atoms with van der Waals surface area (Å²) in [6.45, 7) is 0.987. The average Bonchev–Trinajstić information content (AvgIpc) is 3.24. The lowest BCUT2D eigenvalue weighted by molar-refractivity contribution is -0.153. The third-order valence-corrected chi connectivity index (χ3v) is 4.31. The zero-order valence-electron chi connectivity index (χ0n) is 17.4. The van der Waals surface area contributed by atoms with Crippen molar-refractivity contribution in [3.8, 4) is 17.2 Å². The van der Waals surface area contributed by atoms with E-state index in [0.717, 1.165) is 0 Å². The first-order chi connectivity index (χ1) is 15.2. The van der Waals surface area contributed by atoms with E-state index in [9.17, 15) is 18.0 Å². The molecule has 3 aromatic rings. The number of nitrogens with one attached hydrogen (secondary N) is 1. The topological polar surface area (TPSA) is 103 Å². The van der Waals surface area contributed by atoms with E-state index in [1.807, 2.05) is 0 Å². The summed E-state index contributed by atoms with van der Waals surface area (Å²) in [5, 5.41) is 2.31. The van der Waals surface area contributed by atoms with Crippen molar-refractivity contribution in [3.63, 3.8) is 0 Å². The third kappa shape index (κ3) is 5.14. The van der Waals surface area contributed by atoms with Crippen molar-refractivity contribution in [2.45, 2.75) is 6.18 Å². The van der Waals surface area contributed by atoms with Crippen LogP contribution in [-0.4, -0.2) is 55.3 Å². The summed E-state index contributed by atoms with van der Waals surface area (Å²) >= 11 is 0. The molecule has 0 unspecified atom stereocenters. The molecule has 0 aliphatic rings. The number of aromatic nitrogens is 3. The van der Waals surface area contributed by atoms with Crippen LogP contribution in [0.15, 0.2) is 41.1 Å². The van der Waals surface area contributed by atoms with E-state index >= 15 is 0 Å². The zero-order chi connectivity index (χ0) is 23.3. The highest BCUT2D eigenvalue weighted by atomic mass is 19.4. The molecule has 0 radical (unpaired) electrons. The summed E-state index contributed by atoms with van der Waals surface area (Å²) in [6.07, 6.45) is -2.39. The summed E-state index contributed by atoms with van der Waals surface area (Å²) in [6, 6.07) is 6.23. The maximum absolute atomic E-state index is 13.5. The van der Waals surface area contributed by atoms with Crippen LogP contribution in [0, 0.1) is 0 Å². The number of methoxy groups -OCH3 is 2. The number of amides is 1. The van der Waals surface area contributed by atoms with Gasteiger partial charge in [-0.2, -0.15) is 13.2 Å². The highest BCUT2D eigenvalue weighted by Gasteiger charge is 2.42. The normalized spacial score (nSPS) is 11.3. The van der Waals surface area contributed by atoms with Gasteiger partial charge in [-0.3, -0.25) is 4.79 Å². The van der Waals surface area contributed by atoms with Gasteiger partial charge in [0.25, 0.3) is 5.91 Å². The molecule has 2 heterocycles. The molecule has 0 saturated carbocycles. The Balaban J connectivity index is 1.87. The standard InChI is InChI=1S/C20H20F3N5O4/c1-28(8-9-30-2)19-24-10-12(11-25-19)26-17(29)15-16(20(21,22)23)32-18(27-15)13-6-4-5-7-14(13)31-3/h4-7,10-11H,8-9H2,1-3H3,(H,26,29). The maximum Gasteiger partial charge on any atom is 0.452 e. The molecule has 12 heteroatoms. The molecule has 1 aromatic carbocycles. The number of anilines is 2. The smallest absolute Gasteiger partial charge is 0.452 e. The second kappa shape index (κ2) is 9.64. The molecule has 1 amide bonds. The van der Waals surface area contributed by atoms with Gasteiger partial charge in [0, 0.05) is 20.7 Å². The second-order valence-electron chi connectivity index (χ2n) is 6.54. The van der Waals surface area contributed by atoms with Crippen LogP contribution in [0.25, 0.3) is 11.5 Å². The number of carbonyl (C=O) groups is 1. The summed E-state index contributed by atoms with van der Waals surface area (Å²) in [5.41, 5.74) is -0.653. The van der Waals surface area contributed by atoms with E-state index < -0.39 is 29.4 Å². The third-order valence-electron chi connectivity index (χ3n) is 4.31. The molecule has 2 aromatic heterocycles. The van der Waals surface area contributed by atoms with Gasteiger partial charge < -0.3 is 24.1 Å². The summed E-state index contributed by atoms with van der Waals surface area (Å²) in [7, 11) is 4.67. The molecule has 1 N–H and O–H groups in total. The summed E-state index contributed by atoms with van der Waals surface area (Å²) in [4.78, 5) is 26.3. The van der Waals surface area contributed by atoms with Crippen molar-refractivity contribution in [2.24, 2.45) is 0 Å². The van der Waals surface area contributed by atoms with E-state index in [2.05, 4.69) is 20.3 Å². The first kappa shape index (κ1) is 23.0. The fraction of sp³-hybridized carbons (Fsp3) is 0.300. The van der Waals surface area contributed by atoms with Gasteiger partial charge in [0.2, 0.25) is 17.6 Å².